The lowest BCUT2D eigenvalue weighted by Gasteiger charge is -2.02. The Bertz CT molecular complexity index is 662. The van der Waals surface area contributed by atoms with Gasteiger partial charge in [0.1, 0.15) is 16.6 Å². The number of hydrogen-bond acceptors (Lipinski definition) is 4. The van der Waals surface area contributed by atoms with E-state index in [-0.39, 0.29) is 5.82 Å². The lowest BCUT2D eigenvalue weighted by atomic mass is 10.2. The van der Waals surface area contributed by atoms with Gasteiger partial charge in [-0.25, -0.2) is 9.37 Å². The van der Waals surface area contributed by atoms with Gasteiger partial charge in [-0.1, -0.05) is 12.1 Å². The Labute approximate surface area is 120 Å². The number of benzene rings is 1. The highest BCUT2D eigenvalue weighted by Crippen LogP contribution is 2.26. The Balaban J connectivity index is 1.55. The van der Waals surface area contributed by atoms with Crippen molar-refractivity contribution in [2.24, 2.45) is 0 Å². The maximum Gasteiger partial charge on any atom is 0.145 e. The SMILES string of the molecule is Fc1ccc(CNCc2ncc(-c3ccco3)s2)cc1. The van der Waals surface area contributed by atoms with Gasteiger partial charge in [-0.3, -0.25) is 0 Å². The minimum atomic E-state index is -0.211. The van der Waals surface area contributed by atoms with E-state index < -0.39 is 0 Å². The van der Waals surface area contributed by atoms with Crippen LogP contribution >= 0.6 is 11.3 Å². The standard InChI is InChI=1S/C15H13FN2OS/c16-12-5-3-11(4-6-12)8-17-10-15-18-9-14(20-15)13-2-1-7-19-13/h1-7,9,17H,8,10H2. The molecule has 3 aromatic rings. The van der Waals surface area contributed by atoms with Crippen molar-refractivity contribution in [2.75, 3.05) is 0 Å². The molecule has 0 aliphatic heterocycles. The summed E-state index contributed by atoms with van der Waals surface area (Å²) >= 11 is 1.60. The molecule has 0 saturated heterocycles. The molecule has 3 nitrogen and oxygen atoms in total. The number of nitrogens with zero attached hydrogens (tertiary/aromatic N) is 1. The predicted molar refractivity (Wildman–Crippen MR) is 76.8 cm³/mol. The van der Waals surface area contributed by atoms with E-state index in [9.17, 15) is 4.39 Å². The highest BCUT2D eigenvalue weighted by Gasteiger charge is 2.06. The molecule has 0 aliphatic carbocycles. The molecule has 0 spiro atoms. The van der Waals surface area contributed by atoms with Gasteiger partial charge in [0, 0.05) is 19.3 Å². The summed E-state index contributed by atoms with van der Waals surface area (Å²) in [6.07, 6.45) is 3.47. The maximum atomic E-state index is 12.8. The van der Waals surface area contributed by atoms with E-state index in [4.69, 9.17) is 4.42 Å². The average Bonchev–Trinajstić information content (AvgIpc) is 3.11. The molecule has 0 bridgehead atoms. The van der Waals surface area contributed by atoms with Gasteiger partial charge in [0.05, 0.1) is 11.1 Å². The van der Waals surface area contributed by atoms with Crippen LogP contribution in [0.25, 0.3) is 10.6 Å². The van der Waals surface area contributed by atoms with Crippen molar-refractivity contribution in [1.29, 1.82) is 0 Å². The summed E-state index contributed by atoms with van der Waals surface area (Å²) in [6.45, 7) is 1.37. The minimum Gasteiger partial charge on any atom is -0.463 e. The van der Waals surface area contributed by atoms with Crippen LogP contribution in [-0.2, 0) is 13.1 Å². The number of thiazole rings is 1. The fraction of sp³-hybridized carbons (Fsp3) is 0.133. The average molecular weight is 288 g/mol. The third-order valence-corrected chi connectivity index (χ3v) is 3.85. The van der Waals surface area contributed by atoms with Crippen LogP contribution in [0.15, 0.2) is 53.3 Å². The molecule has 102 valence electrons. The van der Waals surface area contributed by atoms with Crippen LogP contribution in [-0.4, -0.2) is 4.98 Å². The Morgan fingerprint density at radius 1 is 1.15 bits per heavy atom. The van der Waals surface area contributed by atoms with Crippen molar-refractivity contribution < 1.29 is 8.81 Å². The van der Waals surface area contributed by atoms with Gasteiger partial charge in [0.15, 0.2) is 0 Å². The number of furan rings is 1. The summed E-state index contributed by atoms with van der Waals surface area (Å²) in [5.74, 6) is 0.629. The zero-order chi connectivity index (χ0) is 13.8. The molecule has 20 heavy (non-hydrogen) atoms. The highest BCUT2D eigenvalue weighted by molar-refractivity contribution is 7.15. The number of hydrogen-bond donors (Lipinski definition) is 1. The first-order chi connectivity index (χ1) is 9.81. The molecule has 2 heterocycles. The fourth-order valence-electron chi connectivity index (χ4n) is 1.84. The van der Waals surface area contributed by atoms with Gasteiger partial charge in [-0.05, 0) is 29.8 Å². The molecule has 0 aliphatic rings. The van der Waals surface area contributed by atoms with Crippen LogP contribution in [0.4, 0.5) is 4.39 Å². The van der Waals surface area contributed by atoms with E-state index in [1.807, 2.05) is 18.3 Å². The summed E-state index contributed by atoms with van der Waals surface area (Å²) in [4.78, 5) is 5.38. The lowest BCUT2D eigenvalue weighted by molar-refractivity contribution is 0.583. The largest absolute Gasteiger partial charge is 0.463 e. The number of rotatable bonds is 5. The number of nitrogens with one attached hydrogen (secondary N) is 1. The molecular formula is C15H13FN2OS. The molecule has 0 fully saturated rings. The summed E-state index contributed by atoms with van der Waals surface area (Å²) in [6, 6.07) is 10.3. The normalized spacial score (nSPS) is 10.8. The summed E-state index contributed by atoms with van der Waals surface area (Å²) in [7, 11) is 0. The zero-order valence-corrected chi connectivity index (χ0v) is 11.5. The Kier molecular flexibility index (Phi) is 3.90. The van der Waals surface area contributed by atoms with Crippen LogP contribution in [0.3, 0.4) is 0 Å². The van der Waals surface area contributed by atoms with E-state index >= 15 is 0 Å². The molecule has 3 rings (SSSR count). The first kappa shape index (κ1) is 13.0. The summed E-state index contributed by atoms with van der Waals surface area (Å²) in [5.41, 5.74) is 1.05. The van der Waals surface area contributed by atoms with Crippen molar-refractivity contribution in [1.82, 2.24) is 10.3 Å². The topological polar surface area (TPSA) is 38.1 Å². The van der Waals surface area contributed by atoms with Gasteiger partial charge >= 0.3 is 0 Å². The van der Waals surface area contributed by atoms with Crippen LogP contribution < -0.4 is 5.32 Å². The zero-order valence-electron chi connectivity index (χ0n) is 10.7. The van der Waals surface area contributed by atoms with Crippen molar-refractivity contribution in [2.45, 2.75) is 13.1 Å². The molecule has 2 aromatic heterocycles. The van der Waals surface area contributed by atoms with Crippen molar-refractivity contribution >= 4 is 11.3 Å². The monoisotopic (exact) mass is 288 g/mol. The van der Waals surface area contributed by atoms with E-state index in [1.165, 1.54) is 12.1 Å². The summed E-state index contributed by atoms with van der Waals surface area (Å²) in [5, 5.41) is 4.29. The smallest absolute Gasteiger partial charge is 0.145 e. The van der Waals surface area contributed by atoms with Crippen molar-refractivity contribution in [3.63, 3.8) is 0 Å². The third kappa shape index (κ3) is 3.12. The van der Waals surface area contributed by atoms with E-state index in [0.717, 1.165) is 21.2 Å². The Hall–Kier alpha value is -1.98. The molecular weight excluding hydrogens is 275 g/mol. The van der Waals surface area contributed by atoms with Gasteiger partial charge in [-0.2, -0.15) is 0 Å². The molecule has 1 N–H and O–H groups in total. The lowest BCUT2D eigenvalue weighted by Crippen LogP contribution is -2.12. The second kappa shape index (κ2) is 5.98. The molecule has 0 amide bonds. The van der Waals surface area contributed by atoms with E-state index in [2.05, 4.69) is 10.3 Å². The quantitative estimate of drug-likeness (QED) is 0.775. The van der Waals surface area contributed by atoms with Crippen molar-refractivity contribution in [3.8, 4) is 10.6 Å². The van der Waals surface area contributed by atoms with Crippen LogP contribution in [0, 0.1) is 5.82 Å². The second-order valence-corrected chi connectivity index (χ2v) is 5.44. The molecule has 1 aromatic carbocycles. The summed E-state index contributed by atoms with van der Waals surface area (Å²) < 4.78 is 18.1. The molecule has 0 saturated carbocycles. The third-order valence-electron chi connectivity index (χ3n) is 2.84. The predicted octanol–water partition coefficient (Wildman–Crippen LogP) is 3.83. The van der Waals surface area contributed by atoms with E-state index in [1.54, 1.807) is 29.7 Å². The number of aromatic nitrogens is 1. The van der Waals surface area contributed by atoms with Crippen LogP contribution in [0.1, 0.15) is 10.6 Å². The van der Waals surface area contributed by atoms with Gasteiger partial charge in [-0.15, -0.1) is 11.3 Å². The molecule has 5 heteroatoms. The second-order valence-electron chi connectivity index (χ2n) is 4.33. The maximum absolute atomic E-state index is 12.8. The van der Waals surface area contributed by atoms with Gasteiger partial charge in [0.25, 0.3) is 0 Å². The first-order valence-corrected chi connectivity index (χ1v) is 7.06. The highest BCUT2D eigenvalue weighted by atomic mass is 32.1. The van der Waals surface area contributed by atoms with Crippen molar-refractivity contribution in [3.05, 3.63) is 65.2 Å². The molecule has 0 atom stereocenters. The fourth-order valence-corrected chi connectivity index (χ4v) is 2.70. The van der Waals surface area contributed by atoms with Crippen LogP contribution in [0.5, 0.6) is 0 Å². The minimum absolute atomic E-state index is 0.211. The van der Waals surface area contributed by atoms with E-state index in [0.29, 0.717) is 13.1 Å². The van der Waals surface area contributed by atoms with Crippen LogP contribution in [0.2, 0.25) is 0 Å². The molecule has 0 unspecified atom stereocenters. The van der Waals surface area contributed by atoms with Gasteiger partial charge in [0.2, 0.25) is 0 Å². The number of halogens is 1. The Morgan fingerprint density at radius 2 is 2.00 bits per heavy atom. The Morgan fingerprint density at radius 3 is 2.75 bits per heavy atom. The first-order valence-electron chi connectivity index (χ1n) is 6.25. The van der Waals surface area contributed by atoms with Gasteiger partial charge < -0.3 is 9.73 Å². The molecule has 0 radical (unpaired) electrons.